The number of ether oxygens (including phenoxy) is 1. The summed E-state index contributed by atoms with van der Waals surface area (Å²) in [5.74, 6) is -1.57. The van der Waals surface area contributed by atoms with Crippen molar-refractivity contribution in [3.63, 3.8) is 0 Å². The predicted octanol–water partition coefficient (Wildman–Crippen LogP) is 3.66. The molecular weight excluding hydrogens is 539 g/mol. The molecule has 0 aliphatic heterocycles. The third kappa shape index (κ3) is 8.84. The van der Waals surface area contributed by atoms with Gasteiger partial charge in [0.2, 0.25) is 0 Å². The van der Waals surface area contributed by atoms with Crippen molar-refractivity contribution in [2.75, 3.05) is 30.6 Å². The molecule has 2 aromatic rings. The Kier molecular flexibility index (Phi) is 12.5. The Hall–Kier alpha value is -2.95. The average molecular weight is 569 g/mol. The zero-order valence-corrected chi connectivity index (χ0v) is 23.0. The third-order valence-corrected chi connectivity index (χ3v) is 6.85. The highest BCUT2D eigenvalue weighted by atomic mass is 32.2. The van der Waals surface area contributed by atoms with Crippen LogP contribution in [-0.4, -0.2) is 77.0 Å². The average Bonchev–Trinajstić information content (AvgIpc) is 3.20. The SMILES string of the molecule is CSC[C@H](NC(=O)OCC1c2ccccc2-c2ccccc21)C(=O)O.CSC[C@H](NC(=O)OP)C(=O)O. The number of carboxylic acid groups (broad SMARTS) is 2. The number of carbonyl (C=O) groups excluding carboxylic acids is 2. The molecule has 3 rings (SSSR count). The summed E-state index contributed by atoms with van der Waals surface area (Å²) < 4.78 is 9.52. The molecule has 1 aliphatic rings. The molecule has 4 N–H and O–H groups in total. The topological polar surface area (TPSA) is 151 Å². The van der Waals surface area contributed by atoms with Crippen LogP contribution in [0.3, 0.4) is 0 Å². The van der Waals surface area contributed by atoms with E-state index in [1.807, 2.05) is 36.4 Å². The minimum atomic E-state index is -1.07. The van der Waals surface area contributed by atoms with E-state index >= 15 is 0 Å². The van der Waals surface area contributed by atoms with Crippen molar-refractivity contribution in [1.29, 1.82) is 0 Å². The second-order valence-corrected chi connectivity index (χ2v) is 9.77. The van der Waals surface area contributed by atoms with Gasteiger partial charge in [0, 0.05) is 17.4 Å². The normalized spacial score (nSPS) is 13.1. The first-order valence-electron chi connectivity index (χ1n) is 11.0. The van der Waals surface area contributed by atoms with Gasteiger partial charge in [-0.2, -0.15) is 23.5 Å². The van der Waals surface area contributed by atoms with E-state index in [2.05, 4.69) is 27.3 Å². The highest BCUT2D eigenvalue weighted by molar-refractivity contribution is 7.98. The van der Waals surface area contributed by atoms with E-state index in [0.717, 1.165) is 22.3 Å². The summed E-state index contributed by atoms with van der Waals surface area (Å²) in [5.41, 5.74) is 4.54. The van der Waals surface area contributed by atoms with Gasteiger partial charge in [0.1, 0.15) is 18.7 Å². The highest BCUT2D eigenvalue weighted by Crippen LogP contribution is 2.44. The number of hydrogen-bond donors (Lipinski definition) is 4. The number of aliphatic carboxylic acids is 2. The Balaban J connectivity index is 0.000000341. The van der Waals surface area contributed by atoms with Crippen LogP contribution < -0.4 is 10.6 Å². The fourth-order valence-electron chi connectivity index (χ4n) is 3.64. The number of thioether (sulfide) groups is 2. The number of rotatable bonds is 10. The van der Waals surface area contributed by atoms with E-state index in [4.69, 9.17) is 14.9 Å². The molecule has 0 heterocycles. The van der Waals surface area contributed by atoms with Gasteiger partial charge in [-0.25, -0.2) is 19.2 Å². The van der Waals surface area contributed by atoms with E-state index in [1.54, 1.807) is 22.0 Å². The van der Waals surface area contributed by atoms with Crippen LogP contribution in [0.2, 0.25) is 0 Å². The van der Waals surface area contributed by atoms with Crippen molar-refractivity contribution in [3.8, 4) is 11.1 Å². The summed E-state index contributed by atoms with van der Waals surface area (Å²) in [6, 6.07) is 14.3. The van der Waals surface area contributed by atoms with Crippen molar-refractivity contribution in [2.24, 2.45) is 0 Å². The zero-order valence-electron chi connectivity index (χ0n) is 20.2. The number of benzene rings is 2. The molecule has 0 saturated heterocycles. The molecule has 0 aromatic heterocycles. The number of carbonyl (C=O) groups is 4. The molecule has 0 bridgehead atoms. The number of hydrogen-bond acceptors (Lipinski definition) is 8. The lowest BCUT2D eigenvalue weighted by Crippen LogP contribution is -2.43. The number of amides is 2. The quantitative estimate of drug-likeness (QED) is 0.313. The third-order valence-electron chi connectivity index (χ3n) is 5.30. The van der Waals surface area contributed by atoms with Crippen LogP contribution in [0.5, 0.6) is 0 Å². The number of carboxylic acids is 2. The fraction of sp³-hybridized carbons (Fsp3) is 0.333. The van der Waals surface area contributed by atoms with Crippen LogP contribution in [0.1, 0.15) is 17.0 Å². The fourth-order valence-corrected chi connectivity index (χ4v) is 4.83. The molecule has 37 heavy (non-hydrogen) atoms. The van der Waals surface area contributed by atoms with Gasteiger partial charge in [0.15, 0.2) is 0 Å². The van der Waals surface area contributed by atoms with Crippen LogP contribution in [-0.2, 0) is 18.8 Å². The molecule has 0 spiro atoms. The lowest BCUT2D eigenvalue weighted by Gasteiger charge is -2.17. The van der Waals surface area contributed by atoms with Crippen LogP contribution in [0.15, 0.2) is 48.5 Å². The van der Waals surface area contributed by atoms with Gasteiger partial charge >= 0.3 is 24.1 Å². The van der Waals surface area contributed by atoms with Gasteiger partial charge in [-0.1, -0.05) is 48.5 Å². The minimum Gasteiger partial charge on any atom is -0.480 e. The first kappa shape index (κ1) is 30.3. The number of nitrogens with one attached hydrogen (secondary N) is 2. The second kappa shape index (κ2) is 15.3. The van der Waals surface area contributed by atoms with Crippen LogP contribution in [0.25, 0.3) is 11.1 Å². The smallest absolute Gasteiger partial charge is 0.410 e. The molecule has 0 radical (unpaired) electrons. The molecule has 2 amide bonds. The van der Waals surface area contributed by atoms with Gasteiger partial charge in [-0.3, -0.25) is 0 Å². The van der Waals surface area contributed by atoms with Gasteiger partial charge in [0.25, 0.3) is 0 Å². The maximum Gasteiger partial charge on any atom is 0.410 e. The molecule has 13 heteroatoms. The Bertz CT molecular complexity index is 1060. The van der Waals surface area contributed by atoms with Crippen molar-refractivity contribution >= 4 is 57.1 Å². The molecule has 0 saturated carbocycles. The summed E-state index contributed by atoms with van der Waals surface area (Å²) in [7, 11) is 1.74. The van der Waals surface area contributed by atoms with E-state index in [9.17, 15) is 19.2 Å². The maximum atomic E-state index is 12.0. The summed E-state index contributed by atoms with van der Waals surface area (Å²) in [5, 5.41) is 22.2. The highest BCUT2D eigenvalue weighted by Gasteiger charge is 2.29. The Morgan fingerprint density at radius 3 is 1.68 bits per heavy atom. The summed E-state index contributed by atoms with van der Waals surface area (Å²) in [4.78, 5) is 44.2. The first-order chi connectivity index (χ1) is 17.7. The van der Waals surface area contributed by atoms with Crippen molar-refractivity contribution in [1.82, 2.24) is 10.6 Å². The number of fused-ring (bicyclic) bond motifs is 3. The standard InChI is InChI=1S/C19H19NO4S.C5H10NO4PS/c1-25-11-17(18(21)22)20-19(23)24-10-16-14-8-4-2-6-12(14)13-7-3-5-9-15(13)16;1-12-2-3(4(7)8)6-5(9)10-11/h2-9,16-17H,10-11H2,1H3,(H,20,23)(H,21,22);3H,2,11H2,1H3,(H,6,9)(H,7,8)/t17-;3-/m00/s1. The van der Waals surface area contributed by atoms with Crippen molar-refractivity contribution in [2.45, 2.75) is 18.0 Å². The van der Waals surface area contributed by atoms with Crippen LogP contribution in [0.4, 0.5) is 9.59 Å². The molecule has 10 nitrogen and oxygen atoms in total. The zero-order chi connectivity index (χ0) is 27.4. The molecule has 0 fully saturated rings. The van der Waals surface area contributed by atoms with E-state index in [0.29, 0.717) is 11.5 Å². The van der Waals surface area contributed by atoms with Gasteiger partial charge < -0.3 is 30.1 Å². The molecule has 200 valence electrons. The van der Waals surface area contributed by atoms with Crippen LogP contribution in [0, 0.1) is 0 Å². The first-order valence-corrected chi connectivity index (χ1v) is 14.2. The lowest BCUT2D eigenvalue weighted by molar-refractivity contribution is -0.139. The Morgan fingerprint density at radius 2 is 1.27 bits per heavy atom. The Labute approximate surface area is 225 Å². The molecule has 3 atom stereocenters. The van der Waals surface area contributed by atoms with E-state index in [1.165, 1.54) is 23.5 Å². The predicted molar refractivity (Wildman–Crippen MR) is 147 cm³/mol. The monoisotopic (exact) mass is 568 g/mol. The summed E-state index contributed by atoms with van der Waals surface area (Å²) in [6.45, 7) is 0.172. The van der Waals surface area contributed by atoms with Crippen LogP contribution >= 0.6 is 33.0 Å². The second-order valence-electron chi connectivity index (χ2n) is 7.71. The number of alkyl carbamates (subject to hydrolysis) is 1. The van der Waals surface area contributed by atoms with E-state index in [-0.39, 0.29) is 12.5 Å². The molecular formula is C24H29N2O8PS2. The van der Waals surface area contributed by atoms with Gasteiger partial charge in [-0.05, 0) is 34.8 Å². The summed E-state index contributed by atoms with van der Waals surface area (Å²) in [6.07, 6.45) is 2.07. The van der Waals surface area contributed by atoms with E-state index < -0.39 is 36.2 Å². The maximum absolute atomic E-state index is 12.0. The van der Waals surface area contributed by atoms with Crippen molar-refractivity contribution in [3.05, 3.63) is 59.7 Å². The lowest BCUT2D eigenvalue weighted by atomic mass is 9.98. The molecule has 2 aromatic carbocycles. The molecule has 1 aliphatic carbocycles. The molecule has 1 unspecified atom stereocenters. The minimum absolute atomic E-state index is 0.0398. The largest absolute Gasteiger partial charge is 0.480 e. The Morgan fingerprint density at radius 1 is 0.838 bits per heavy atom. The van der Waals surface area contributed by atoms with Crippen molar-refractivity contribution < 1.29 is 38.7 Å². The van der Waals surface area contributed by atoms with Gasteiger partial charge in [-0.15, -0.1) is 0 Å². The summed E-state index contributed by atoms with van der Waals surface area (Å²) >= 11 is 2.69. The van der Waals surface area contributed by atoms with Gasteiger partial charge in [0.05, 0.1) is 9.47 Å².